The van der Waals surface area contributed by atoms with Gasteiger partial charge < -0.3 is 5.43 Å². The summed E-state index contributed by atoms with van der Waals surface area (Å²) in [4.78, 5) is 8.57. The SMILES string of the molecule is NNc1nc(C2CC2)nc2c(F)cccc12. The van der Waals surface area contributed by atoms with Crippen molar-refractivity contribution in [2.75, 3.05) is 5.43 Å². The van der Waals surface area contributed by atoms with Gasteiger partial charge in [0.05, 0.1) is 0 Å². The number of hydrazine groups is 1. The largest absolute Gasteiger partial charge is 0.308 e. The molecule has 1 heterocycles. The zero-order chi connectivity index (χ0) is 11.1. The second kappa shape index (κ2) is 3.38. The van der Waals surface area contributed by atoms with Crippen LogP contribution in [0, 0.1) is 5.82 Å². The van der Waals surface area contributed by atoms with Crippen molar-refractivity contribution in [3.05, 3.63) is 29.8 Å². The fourth-order valence-corrected chi connectivity index (χ4v) is 1.77. The van der Waals surface area contributed by atoms with Crippen molar-refractivity contribution in [3.63, 3.8) is 0 Å². The number of hydrogen-bond donors (Lipinski definition) is 2. The highest BCUT2D eigenvalue weighted by Gasteiger charge is 2.27. The lowest BCUT2D eigenvalue weighted by Crippen LogP contribution is -2.11. The molecule has 82 valence electrons. The molecule has 0 atom stereocenters. The van der Waals surface area contributed by atoms with Crippen LogP contribution in [0.5, 0.6) is 0 Å². The number of aromatic nitrogens is 2. The van der Waals surface area contributed by atoms with E-state index in [0.717, 1.165) is 12.8 Å². The summed E-state index contributed by atoms with van der Waals surface area (Å²) in [5.74, 6) is 6.61. The van der Waals surface area contributed by atoms with Crippen LogP contribution in [0.15, 0.2) is 18.2 Å². The Kier molecular flexibility index (Phi) is 2.00. The minimum atomic E-state index is -0.335. The van der Waals surface area contributed by atoms with Crippen LogP contribution in [-0.2, 0) is 0 Å². The lowest BCUT2D eigenvalue weighted by Gasteiger charge is -2.07. The number of halogens is 1. The number of para-hydroxylation sites is 1. The lowest BCUT2D eigenvalue weighted by atomic mass is 10.2. The Hall–Kier alpha value is -1.75. The molecule has 1 aromatic heterocycles. The number of nitrogens with one attached hydrogen (secondary N) is 1. The van der Waals surface area contributed by atoms with E-state index in [1.807, 2.05) is 0 Å². The molecule has 1 aromatic carbocycles. The Bertz CT molecular complexity index is 551. The van der Waals surface area contributed by atoms with E-state index < -0.39 is 0 Å². The monoisotopic (exact) mass is 218 g/mol. The molecule has 1 aliphatic carbocycles. The van der Waals surface area contributed by atoms with Crippen molar-refractivity contribution in [2.45, 2.75) is 18.8 Å². The quantitative estimate of drug-likeness (QED) is 0.597. The number of rotatable bonds is 2. The van der Waals surface area contributed by atoms with E-state index in [-0.39, 0.29) is 5.82 Å². The molecular formula is C11H11FN4. The van der Waals surface area contributed by atoms with E-state index in [4.69, 9.17) is 5.84 Å². The molecule has 3 rings (SSSR count). The standard InChI is InChI=1S/C11H11FN4/c12-8-3-1-2-7-9(8)14-10(6-4-5-6)15-11(7)16-13/h1-3,6H,4-5,13H2,(H,14,15,16). The molecule has 5 heteroatoms. The predicted molar refractivity (Wildman–Crippen MR) is 59.3 cm³/mol. The van der Waals surface area contributed by atoms with Crippen LogP contribution in [0.2, 0.25) is 0 Å². The average molecular weight is 218 g/mol. The van der Waals surface area contributed by atoms with E-state index >= 15 is 0 Å². The highest BCUT2D eigenvalue weighted by molar-refractivity contribution is 5.89. The second-order valence-corrected chi connectivity index (χ2v) is 3.99. The Labute approximate surface area is 91.7 Å². The highest BCUT2D eigenvalue weighted by atomic mass is 19.1. The summed E-state index contributed by atoms with van der Waals surface area (Å²) < 4.78 is 13.6. The van der Waals surface area contributed by atoms with Crippen LogP contribution in [-0.4, -0.2) is 9.97 Å². The summed E-state index contributed by atoms with van der Waals surface area (Å²) >= 11 is 0. The van der Waals surface area contributed by atoms with Crippen molar-refractivity contribution >= 4 is 16.7 Å². The molecule has 0 unspecified atom stereocenters. The van der Waals surface area contributed by atoms with Crippen molar-refractivity contribution in [1.29, 1.82) is 0 Å². The zero-order valence-corrected chi connectivity index (χ0v) is 8.57. The van der Waals surface area contributed by atoms with Crippen LogP contribution in [0.4, 0.5) is 10.2 Å². The van der Waals surface area contributed by atoms with Crippen LogP contribution in [0.1, 0.15) is 24.6 Å². The van der Waals surface area contributed by atoms with Gasteiger partial charge >= 0.3 is 0 Å². The molecule has 1 aliphatic rings. The molecule has 0 radical (unpaired) electrons. The summed E-state index contributed by atoms with van der Waals surface area (Å²) in [5.41, 5.74) is 2.84. The van der Waals surface area contributed by atoms with Crippen molar-refractivity contribution in [2.24, 2.45) is 5.84 Å². The minimum absolute atomic E-state index is 0.335. The number of benzene rings is 1. The van der Waals surface area contributed by atoms with Gasteiger partial charge in [0.15, 0.2) is 5.82 Å². The van der Waals surface area contributed by atoms with Crippen molar-refractivity contribution in [1.82, 2.24) is 9.97 Å². The number of nitrogens with two attached hydrogens (primary N) is 1. The maximum Gasteiger partial charge on any atom is 0.151 e. The van der Waals surface area contributed by atoms with E-state index in [1.165, 1.54) is 6.07 Å². The van der Waals surface area contributed by atoms with Gasteiger partial charge in [0.2, 0.25) is 0 Å². The normalized spacial score (nSPS) is 15.4. The van der Waals surface area contributed by atoms with Gasteiger partial charge in [-0.1, -0.05) is 6.07 Å². The van der Waals surface area contributed by atoms with Crippen LogP contribution in [0.3, 0.4) is 0 Å². The molecular weight excluding hydrogens is 207 g/mol. The van der Waals surface area contributed by atoms with E-state index in [0.29, 0.717) is 28.5 Å². The van der Waals surface area contributed by atoms with Gasteiger partial charge in [0, 0.05) is 11.3 Å². The summed E-state index contributed by atoms with van der Waals surface area (Å²) in [6.07, 6.45) is 2.15. The molecule has 0 aliphatic heterocycles. The van der Waals surface area contributed by atoms with E-state index in [2.05, 4.69) is 15.4 Å². The Morgan fingerprint density at radius 3 is 2.81 bits per heavy atom. The summed E-state index contributed by atoms with van der Waals surface area (Å²) in [7, 11) is 0. The number of anilines is 1. The second-order valence-electron chi connectivity index (χ2n) is 3.99. The van der Waals surface area contributed by atoms with Gasteiger partial charge in [-0.2, -0.15) is 0 Å². The molecule has 16 heavy (non-hydrogen) atoms. The van der Waals surface area contributed by atoms with Gasteiger partial charge in [-0.25, -0.2) is 20.2 Å². The van der Waals surface area contributed by atoms with Gasteiger partial charge in [0.1, 0.15) is 17.2 Å². The fourth-order valence-electron chi connectivity index (χ4n) is 1.77. The maximum atomic E-state index is 13.6. The predicted octanol–water partition coefficient (Wildman–Crippen LogP) is 1.93. The number of nitrogen functional groups attached to an aromatic ring is 1. The van der Waals surface area contributed by atoms with Crippen molar-refractivity contribution in [3.8, 4) is 0 Å². The van der Waals surface area contributed by atoms with Crippen LogP contribution in [0.25, 0.3) is 10.9 Å². The third-order valence-corrected chi connectivity index (χ3v) is 2.77. The highest BCUT2D eigenvalue weighted by Crippen LogP contribution is 2.39. The van der Waals surface area contributed by atoms with Crippen LogP contribution < -0.4 is 11.3 Å². The Morgan fingerprint density at radius 1 is 1.31 bits per heavy atom. The molecule has 1 saturated carbocycles. The summed E-state index contributed by atoms with van der Waals surface area (Å²) in [6.45, 7) is 0. The molecule has 4 nitrogen and oxygen atoms in total. The molecule has 0 amide bonds. The third kappa shape index (κ3) is 1.40. The third-order valence-electron chi connectivity index (χ3n) is 2.77. The smallest absolute Gasteiger partial charge is 0.151 e. The first kappa shape index (κ1) is 9.47. The fraction of sp³-hybridized carbons (Fsp3) is 0.273. The van der Waals surface area contributed by atoms with Crippen LogP contribution >= 0.6 is 0 Å². The number of fused-ring (bicyclic) bond motifs is 1. The average Bonchev–Trinajstić information content (AvgIpc) is 3.12. The molecule has 0 spiro atoms. The van der Waals surface area contributed by atoms with E-state index in [1.54, 1.807) is 12.1 Å². The molecule has 3 N–H and O–H groups in total. The summed E-state index contributed by atoms with van der Waals surface area (Å²) in [6, 6.07) is 4.77. The lowest BCUT2D eigenvalue weighted by molar-refractivity contribution is 0.635. The topological polar surface area (TPSA) is 63.8 Å². The van der Waals surface area contributed by atoms with Gasteiger partial charge in [-0.15, -0.1) is 0 Å². The molecule has 1 fully saturated rings. The molecule has 0 saturated heterocycles. The number of hydrogen-bond acceptors (Lipinski definition) is 4. The Balaban J connectivity index is 2.30. The van der Waals surface area contributed by atoms with Crippen molar-refractivity contribution < 1.29 is 4.39 Å². The number of nitrogens with zero attached hydrogens (tertiary/aromatic N) is 2. The first-order valence-electron chi connectivity index (χ1n) is 5.22. The Morgan fingerprint density at radius 2 is 2.12 bits per heavy atom. The summed E-state index contributed by atoms with van der Waals surface area (Å²) in [5, 5.41) is 0.618. The minimum Gasteiger partial charge on any atom is -0.308 e. The van der Waals surface area contributed by atoms with Gasteiger partial charge in [0.25, 0.3) is 0 Å². The van der Waals surface area contributed by atoms with Gasteiger partial charge in [-0.3, -0.25) is 0 Å². The molecule has 2 aromatic rings. The van der Waals surface area contributed by atoms with Gasteiger partial charge in [-0.05, 0) is 25.0 Å². The molecule has 0 bridgehead atoms. The van der Waals surface area contributed by atoms with E-state index in [9.17, 15) is 4.39 Å². The maximum absolute atomic E-state index is 13.6. The first-order chi connectivity index (χ1) is 7.79. The first-order valence-corrected chi connectivity index (χ1v) is 5.22. The zero-order valence-electron chi connectivity index (χ0n) is 8.57.